The summed E-state index contributed by atoms with van der Waals surface area (Å²) in [5.41, 5.74) is 0. The molecule has 0 fully saturated rings. The van der Waals surface area contributed by atoms with Crippen LogP contribution in [0.3, 0.4) is 0 Å². The first-order chi connectivity index (χ1) is 13.1. The molecule has 0 aliphatic carbocycles. The fourth-order valence-corrected chi connectivity index (χ4v) is 1.96. The van der Waals surface area contributed by atoms with Gasteiger partial charge >= 0.3 is 19.4 Å². The number of ether oxygens (including phenoxy) is 9. The van der Waals surface area contributed by atoms with Gasteiger partial charge in [-0.05, 0) is 32.9 Å². The normalized spacial score (nSPS) is 14.4. The Morgan fingerprint density at radius 3 is 1.33 bits per heavy atom. The molecule has 0 heterocycles. The molecule has 3 unspecified atom stereocenters. The van der Waals surface area contributed by atoms with Gasteiger partial charge in [0.2, 0.25) is 5.75 Å². The van der Waals surface area contributed by atoms with E-state index < -0.39 is 19.4 Å². The summed E-state index contributed by atoms with van der Waals surface area (Å²) in [6, 6.07) is 5.07. The minimum Gasteiger partial charge on any atom is -0.437 e. The molecule has 9 heteroatoms. The largest absolute Gasteiger partial charge is 0.437 e. The molecule has 27 heavy (non-hydrogen) atoms. The van der Waals surface area contributed by atoms with Gasteiger partial charge in [0.15, 0.2) is 11.5 Å². The molecular formula is C18H30O9. The van der Waals surface area contributed by atoms with Gasteiger partial charge in [0, 0.05) is 21.3 Å². The van der Waals surface area contributed by atoms with Crippen LogP contribution in [-0.4, -0.2) is 60.6 Å². The zero-order valence-corrected chi connectivity index (χ0v) is 16.8. The molecule has 1 aromatic rings. The van der Waals surface area contributed by atoms with Crippen molar-refractivity contribution in [2.24, 2.45) is 0 Å². The summed E-state index contributed by atoms with van der Waals surface area (Å²) in [6.45, 7) is 3.85. The number of methoxy groups -OCH3 is 3. The first-order valence-corrected chi connectivity index (χ1v) is 8.69. The quantitative estimate of drug-likeness (QED) is 0.420. The average Bonchev–Trinajstić information content (AvgIpc) is 2.68. The Balaban J connectivity index is 3.17. The van der Waals surface area contributed by atoms with Gasteiger partial charge in [-0.15, -0.1) is 0 Å². The molecule has 3 atom stereocenters. The highest BCUT2D eigenvalue weighted by molar-refractivity contribution is 5.51. The maximum atomic E-state index is 5.80. The molecule has 1 aromatic carbocycles. The van der Waals surface area contributed by atoms with Crippen LogP contribution in [0.2, 0.25) is 0 Å². The van der Waals surface area contributed by atoms with E-state index in [1.807, 2.05) is 20.8 Å². The standard InChI is InChI=1S/C18H30O9/c1-7-22-16(19-4)25-13-11-10-12-14(26-17(20-5)23-8-2)15(13)27-18(21-6)24-9-3/h10-12,16-18H,7-9H2,1-6H3. The van der Waals surface area contributed by atoms with Gasteiger partial charge in [-0.1, -0.05) is 6.07 Å². The van der Waals surface area contributed by atoms with Crippen LogP contribution in [0.5, 0.6) is 17.2 Å². The first-order valence-electron chi connectivity index (χ1n) is 8.69. The second-order valence-electron chi connectivity index (χ2n) is 4.88. The van der Waals surface area contributed by atoms with E-state index >= 15 is 0 Å². The average molecular weight is 390 g/mol. The van der Waals surface area contributed by atoms with Crippen LogP contribution < -0.4 is 14.2 Å². The van der Waals surface area contributed by atoms with E-state index in [1.54, 1.807) is 18.2 Å². The van der Waals surface area contributed by atoms with Gasteiger partial charge < -0.3 is 42.6 Å². The lowest BCUT2D eigenvalue weighted by Crippen LogP contribution is -2.27. The molecule has 0 radical (unpaired) electrons. The summed E-state index contributed by atoms with van der Waals surface area (Å²) in [6.07, 6.45) is 0. The predicted octanol–water partition coefficient (Wildman–Crippen LogP) is 2.72. The van der Waals surface area contributed by atoms with Crippen LogP contribution in [0.15, 0.2) is 18.2 Å². The van der Waals surface area contributed by atoms with Crippen LogP contribution >= 0.6 is 0 Å². The molecule has 0 amide bonds. The smallest absolute Gasteiger partial charge is 0.315 e. The fourth-order valence-electron chi connectivity index (χ4n) is 1.96. The highest BCUT2D eigenvalue weighted by atomic mass is 16.9. The van der Waals surface area contributed by atoms with Crippen molar-refractivity contribution in [1.82, 2.24) is 0 Å². The zero-order valence-electron chi connectivity index (χ0n) is 16.8. The summed E-state index contributed by atoms with van der Waals surface area (Å²) < 4.78 is 48.9. The monoisotopic (exact) mass is 390 g/mol. The van der Waals surface area contributed by atoms with Crippen LogP contribution in [0.4, 0.5) is 0 Å². The Kier molecular flexibility index (Phi) is 11.7. The maximum absolute atomic E-state index is 5.80. The minimum atomic E-state index is -0.969. The van der Waals surface area contributed by atoms with Crippen molar-refractivity contribution in [2.45, 2.75) is 40.2 Å². The zero-order chi connectivity index (χ0) is 20.1. The predicted molar refractivity (Wildman–Crippen MR) is 95.6 cm³/mol. The van der Waals surface area contributed by atoms with E-state index in [4.69, 9.17) is 42.6 Å². The van der Waals surface area contributed by atoms with E-state index in [0.29, 0.717) is 31.3 Å². The van der Waals surface area contributed by atoms with Crippen LogP contribution in [0, 0.1) is 0 Å². The SMILES string of the molecule is CCOC(OC)Oc1cccc(OC(OC)OCC)c1OC(OC)OCC. The van der Waals surface area contributed by atoms with Crippen LogP contribution in [0.1, 0.15) is 20.8 Å². The molecule has 0 aromatic heterocycles. The lowest BCUT2D eigenvalue weighted by Gasteiger charge is -2.24. The highest BCUT2D eigenvalue weighted by Crippen LogP contribution is 2.39. The van der Waals surface area contributed by atoms with E-state index in [2.05, 4.69) is 0 Å². The summed E-state index contributed by atoms with van der Waals surface area (Å²) in [7, 11) is 4.39. The lowest BCUT2D eigenvalue weighted by atomic mass is 10.3. The van der Waals surface area contributed by atoms with Crippen molar-refractivity contribution in [3.05, 3.63) is 18.2 Å². The van der Waals surface area contributed by atoms with Gasteiger partial charge in [-0.3, -0.25) is 0 Å². The van der Waals surface area contributed by atoms with E-state index in [1.165, 1.54) is 21.3 Å². The van der Waals surface area contributed by atoms with Crippen molar-refractivity contribution in [3.63, 3.8) is 0 Å². The van der Waals surface area contributed by atoms with E-state index in [0.717, 1.165) is 0 Å². The van der Waals surface area contributed by atoms with Gasteiger partial charge in [0.05, 0.1) is 19.8 Å². The summed E-state index contributed by atoms with van der Waals surface area (Å²) in [5.74, 6) is 0.836. The van der Waals surface area contributed by atoms with Crippen molar-refractivity contribution < 1.29 is 42.6 Å². The Bertz CT molecular complexity index is 477. The van der Waals surface area contributed by atoms with Crippen molar-refractivity contribution in [2.75, 3.05) is 41.2 Å². The Morgan fingerprint density at radius 1 is 0.630 bits per heavy atom. The van der Waals surface area contributed by atoms with Crippen LogP contribution in [-0.2, 0) is 28.4 Å². The second kappa shape index (κ2) is 13.5. The van der Waals surface area contributed by atoms with E-state index in [-0.39, 0.29) is 5.75 Å². The van der Waals surface area contributed by atoms with Gasteiger partial charge in [-0.25, -0.2) is 0 Å². The lowest BCUT2D eigenvalue weighted by molar-refractivity contribution is -0.246. The topological polar surface area (TPSA) is 83.1 Å². The molecule has 0 bridgehead atoms. The van der Waals surface area contributed by atoms with Gasteiger partial charge in [0.1, 0.15) is 0 Å². The number of hydrogen-bond donors (Lipinski definition) is 0. The molecule has 156 valence electrons. The van der Waals surface area contributed by atoms with Crippen molar-refractivity contribution in [1.29, 1.82) is 0 Å². The summed E-state index contributed by atoms with van der Waals surface area (Å²) in [4.78, 5) is 0. The third-order valence-corrected chi connectivity index (χ3v) is 3.09. The number of hydrogen-bond acceptors (Lipinski definition) is 9. The van der Waals surface area contributed by atoms with Gasteiger partial charge in [-0.2, -0.15) is 0 Å². The highest BCUT2D eigenvalue weighted by Gasteiger charge is 2.23. The number of para-hydroxylation sites is 1. The fraction of sp³-hybridized carbons (Fsp3) is 0.667. The van der Waals surface area contributed by atoms with E-state index in [9.17, 15) is 0 Å². The third-order valence-electron chi connectivity index (χ3n) is 3.09. The molecule has 0 aliphatic rings. The Labute approximate surface area is 160 Å². The Hall–Kier alpha value is -1.62. The molecular weight excluding hydrogens is 360 g/mol. The molecule has 0 saturated heterocycles. The Morgan fingerprint density at radius 2 is 1.00 bits per heavy atom. The molecule has 1 rings (SSSR count). The molecule has 9 nitrogen and oxygen atoms in total. The maximum Gasteiger partial charge on any atom is 0.315 e. The molecule has 0 saturated carbocycles. The molecule has 0 spiro atoms. The molecule has 0 aliphatic heterocycles. The summed E-state index contributed by atoms with van der Waals surface area (Å²) in [5, 5.41) is 0. The second-order valence-corrected chi connectivity index (χ2v) is 4.88. The van der Waals surface area contributed by atoms with Crippen LogP contribution in [0.25, 0.3) is 0 Å². The first kappa shape index (κ1) is 23.4. The number of rotatable bonds is 15. The number of benzene rings is 1. The minimum absolute atomic E-state index is 0.223. The molecule has 0 N–H and O–H groups in total. The third kappa shape index (κ3) is 7.87. The van der Waals surface area contributed by atoms with Crippen molar-refractivity contribution in [3.8, 4) is 17.2 Å². The van der Waals surface area contributed by atoms with Gasteiger partial charge in [0.25, 0.3) is 0 Å². The van der Waals surface area contributed by atoms with Crippen molar-refractivity contribution >= 4 is 0 Å². The summed E-state index contributed by atoms with van der Waals surface area (Å²) >= 11 is 0.